The predicted octanol–water partition coefficient (Wildman–Crippen LogP) is 3.60. The third-order valence-electron chi connectivity index (χ3n) is 2.82. The van der Waals surface area contributed by atoms with Crippen molar-refractivity contribution in [3.05, 3.63) is 57.3 Å². The van der Waals surface area contributed by atoms with Crippen LogP contribution in [-0.4, -0.2) is 23.5 Å². The Labute approximate surface area is 140 Å². The van der Waals surface area contributed by atoms with Crippen LogP contribution in [0.2, 0.25) is 5.02 Å². The van der Waals surface area contributed by atoms with Gasteiger partial charge in [-0.1, -0.05) is 17.7 Å². The Bertz CT molecular complexity index is 722. The molecule has 5 nitrogen and oxygen atoms in total. The van der Waals surface area contributed by atoms with Crippen molar-refractivity contribution < 1.29 is 14.3 Å². The summed E-state index contributed by atoms with van der Waals surface area (Å²) in [6.45, 7) is 1.40. The largest absolute Gasteiger partial charge is 0.452 e. The molecule has 2 aromatic rings. The third-order valence-corrected chi connectivity index (χ3v) is 3.66. The second-order valence-electron chi connectivity index (χ2n) is 4.43. The Balaban J connectivity index is 1.93. The minimum atomic E-state index is -0.619. The highest BCUT2D eigenvalue weighted by Crippen LogP contribution is 2.22. The van der Waals surface area contributed by atoms with Crippen molar-refractivity contribution in [1.82, 2.24) is 4.98 Å². The fourth-order valence-corrected chi connectivity index (χ4v) is 2.21. The van der Waals surface area contributed by atoms with Crippen molar-refractivity contribution in [2.24, 2.45) is 0 Å². The van der Waals surface area contributed by atoms with Gasteiger partial charge in [0.2, 0.25) is 0 Å². The summed E-state index contributed by atoms with van der Waals surface area (Å²) in [7, 11) is 0. The number of esters is 1. The van der Waals surface area contributed by atoms with Gasteiger partial charge in [-0.3, -0.25) is 9.78 Å². The van der Waals surface area contributed by atoms with Crippen LogP contribution in [0.25, 0.3) is 0 Å². The molecule has 2 rings (SSSR count). The van der Waals surface area contributed by atoms with Crippen LogP contribution in [0.1, 0.15) is 15.9 Å². The number of benzene rings is 1. The van der Waals surface area contributed by atoms with Crippen molar-refractivity contribution in [2.45, 2.75) is 6.92 Å². The molecule has 1 heterocycles. The van der Waals surface area contributed by atoms with Crippen molar-refractivity contribution in [2.75, 3.05) is 11.9 Å². The molecule has 7 heteroatoms. The molecule has 0 fully saturated rings. The third kappa shape index (κ3) is 4.29. The number of aromatic nitrogens is 1. The summed E-state index contributed by atoms with van der Waals surface area (Å²) in [5.41, 5.74) is 1.60. The van der Waals surface area contributed by atoms with Crippen LogP contribution in [0.3, 0.4) is 0 Å². The monoisotopic (exact) mass is 382 g/mol. The summed E-state index contributed by atoms with van der Waals surface area (Å²) in [6.07, 6.45) is 2.91. The van der Waals surface area contributed by atoms with Crippen LogP contribution in [0, 0.1) is 6.92 Å². The van der Waals surface area contributed by atoms with Gasteiger partial charge in [0.15, 0.2) is 6.61 Å². The number of nitrogens with zero attached hydrogens (tertiary/aromatic N) is 1. The number of carbonyl (C=O) groups excluding carboxylic acids is 2. The van der Waals surface area contributed by atoms with E-state index in [9.17, 15) is 9.59 Å². The lowest BCUT2D eigenvalue weighted by atomic mass is 10.2. The molecule has 0 aliphatic rings. The first kappa shape index (κ1) is 16.5. The van der Waals surface area contributed by atoms with E-state index in [1.54, 1.807) is 37.4 Å². The summed E-state index contributed by atoms with van der Waals surface area (Å²) < 4.78 is 5.60. The lowest BCUT2D eigenvalue weighted by Crippen LogP contribution is -2.21. The summed E-state index contributed by atoms with van der Waals surface area (Å²) >= 11 is 9.18. The van der Waals surface area contributed by atoms with E-state index in [4.69, 9.17) is 16.3 Å². The van der Waals surface area contributed by atoms with Crippen LogP contribution in [0.4, 0.5) is 5.69 Å². The quantitative estimate of drug-likeness (QED) is 0.819. The minimum Gasteiger partial charge on any atom is -0.452 e. The molecule has 1 aromatic heterocycles. The number of pyridine rings is 1. The van der Waals surface area contributed by atoms with E-state index < -0.39 is 18.5 Å². The molecule has 0 bridgehead atoms. The number of carbonyl (C=O) groups is 2. The van der Waals surface area contributed by atoms with Gasteiger partial charge in [-0.2, -0.15) is 0 Å². The number of nitrogens with one attached hydrogen (secondary N) is 1. The molecule has 0 saturated heterocycles. The molecule has 1 N–H and O–H groups in total. The standard InChI is InChI=1S/C15H12BrClN2O3/c1-9-12(17)3-2-4-13(9)19-14(20)8-22-15(21)10-5-11(16)7-18-6-10/h2-7H,8H2,1H3,(H,19,20). The summed E-state index contributed by atoms with van der Waals surface area (Å²) in [6, 6.07) is 6.74. The first-order chi connectivity index (χ1) is 10.5. The normalized spacial score (nSPS) is 10.1. The summed E-state index contributed by atoms with van der Waals surface area (Å²) in [5, 5.41) is 3.19. The molecule has 0 spiro atoms. The molecular weight excluding hydrogens is 372 g/mol. The molecule has 0 atom stereocenters. The summed E-state index contributed by atoms with van der Waals surface area (Å²) in [5.74, 6) is -1.06. The van der Waals surface area contributed by atoms with Gasteiger partial charge >= 0.3 is 5.97 Å². The van der Waals surface area contributed by atoms with Gasteiger partial charge < -0.3 is 10.1 Å². The molecule has 0 unspecified atom stereocenters. The second-order valence-corrected chi connectivity index (χ2v) is 5.75. The lowest BCUT2D eigenvalue weighted by molar-refractivity contribution is -0.119. The van der Waals surface area contributed by atoms with Crippen LogP contribution in [0.15, 0.2) is 41.1 Å². The summed E-state index contributed by atoms with van der Waals surface area (Å²) in [4.78, 5) is 27.5. The molecule has 1 aromatic carbocycles. The molecule has 0 radical (unpaired) electrons. The van der Waals surface area contributed by atoms with E-state index in [1.165, 1.54) is 6.20 Å². The highest BCUT2D eigenvalue weighted by molar-refractivity contribution is 9.10. The van der Waals surface area contributed by atoms with Crippen molar-refractivity contribution in [3.63, 3.8) is 0 Å². The molecular formula is C15H12BrClN2O3. The van der Waals surface area contributed by atoms with E-state index in [0.717, 1.165) is 5.56 Å². The van der Waals surface area contributed by atoms with Gasteiger partial charge in [0.1, 0.15) is 0 Å². The number of hydrogen-bond donors (Lipinski definition) is 1. The average Bonchev–Trinajstić information content (AvgIpc) is 2.49. The van der Waals surface area contributed by atoms with E-state index in [2.05, 4.69) is 26.2 Å². The van der Waals surface area contributed by atoms with Gasteiger partial charge in [0, 0.05) is 27.6 Å². The molecule has 1 amide bonds. The number of hydrogen-bond acceptors (Lipinski definition) is 4. The van der Waals surface area contributed by atoms with E-state index in [-0.39, 0.29) is 5.56 Å². The molecule has 0 aliphatic heterocycles. The Kier molecular flexibility index (Phi) is 5.51. The molecule has 0 saturated carbocycles. The SMILES string of the molecule is Cc1c(Cl)cccc1NC(=O)COC(=O)c1cncc(Br)c1. The Morgan fingerprint density at radius 2 is 2.14 bits per heavy atom. The van der Waals surface area contributed by atoms with Crippen LogP contribution >= 0.6 is 27.5 Å². The van der Waals surface area contributed by atoms with Crippen molar-refractivity contribution in [1.29, 1.82) is 0 Å². The van der Waals surface area contributed by atoms with E-state index in [1.807, 2.05) is 0 Å². The Morgan fingerprint density at radius 3 is 2.86 bits per heavy atom. The van der Waals surface area contributed by atoms with Crippen LogP contribution < -0.4 is 5.32 Å². The second kappa shape index (κ2) is 7.38. The Hall–Kier alpha value is -1.92. The highest BCUT2D eigenvalue weighted by Gasteiger charge is 2.12. The fourth-order valence-electron chi connectivity index (χ4n) is 1.67. The van der Waals surface area contributed by atoms with Gasteiger partial charge in [-0.05, 0) is 46.6 Å². The van der Waals surface area contributed by atoms with Crippen LogP contribution in [-0.2, 0) is 9.53 Å². The molecule has 22 heavy (non-hydrogen) atoms. The van der Waals surface area contributed by atoms with Crippen molar-refractivity contribution >= 4 is 45.1 Å². The molecule has 0 aliphatic carbocycles. The maximum Gasteiger partial charge on any atom is 0.340 e. The van der Waals surface area contributed by atoms with Gasteiger partial charge in [-0.25, -0.2) is 4.79 Å². The predicted molar refractivity (Wildman–Crippen MR) is 87.0 cm³/mol. The van der Waals surface area contributed by atoms with E-state index >= 15 is 0 Å². The highest BCUT2D eigenvalue weighted by atomic mass is 79.9. The number of rotatable bonds is 4. The van der Waals surface area contributed by atoms with E-state index in [0.29, 0.717) is 15.2 Å². The Morgan fingerprint density at radius 1 is 1.36 bits per heavy atom. The van der Waals surface area contributed by atoms with Gasteiger partial charge in [-0.15, -0.1) is 0 Å². The first-order valence-electron chi connectivity index (χ1n) is 6.30. The zero-order valence-electron chi connectivity index (χ0n) is 11.6. The number of halogens is 2. The topological polar surface area (TPSA) is 68.3 Å². The zero-order valence-corrected chi connectivity index (χ0v) is 13.9. The lowest BCUT2D eigenvalue weighted by Gasteiger charge is -2.10. The van der Waals surface area contributed by atoms with Crippen LogP contribution in [0.5, 0.6) is 0 Å². The minimum absolute atomic E-state index is 0.265. The first-order valence-corrected chi connectivity index (χ1v) is 7.47. The number of anilines is 1. The fraction of sp³-hybridized carbons (Fsp3) is 0.133. The van der Waals surface area contributed by atoms with Crippen molar-refractivity contribution in [3.8, 4) is 0 Å². The average molecular weight is 384 g/mol. The number of ether oxygens (including phenoxy) is 1. The smallest absolute Gasteiger partial charge is 0.340 e. The van der Waals surface area contributed by atoms with Gasteiger partial charge in [0.05, 0.1) is 5.56 Å². The zero-order chi connectivity index (χ0) is 16.1. The number of amides is 1. The maximum atomic E-state index is 11.8. The maximum absolute atomic E-state index is 11.8. The molecule has 114 valence electrons. The van der Waals surface area contributed by atoms with Gasteiger partial charge in [0.25, 0.3) is 5.91 Å².